The van der Waals surface area contributed by atoms with Gasteiger partial charge in [0.15, 0.2) is 11.5 Å². The number of carbonyl (C=O) groups is 1. The minimum atomic E-state index is -0.379. The molecule has 0 saturated carbocycles. The maximum absolute atomic E-state index is 12.5. The average Bonchev–Trinajstić information content (AvgIpc) is 3.23. The zero-order chi connectivity index (χ0) is 16.6. The normalized spacial score (nSPS) is 16.7. The van der Waals surface area contributed by atoms with E-state index in [1.165, 1.54) is 11.1 Å². The van der Waals surface area contributed by atoms with E-state index in [-0.39, 0.29) is 18.3 Å². The molecule has 0 unspecified atom stereocenters. The number of amides is 1. The Bertz CT molecular complexity index is 762. The number of nitrogens with one attached hydrogen (secondary N) is 1. The summed E-state index contributed by atoms with van der Waals surface area (Å²) in [4.78, 5) is 12.5. The van der Waals surface area contributed by atoms with Gasteiger partial charge in [0.25, 0.3) is 5.91 Å². The number of ether oxygens (including phenoxy) is 3. The molecule has 4 rings (SSSR count). The zero-order valence-electron chi connectivity index (χ0n) is 13.5. The van der Waals surface area contributed by atoms with Gasteiger partial charge in [0.1, 0.15) is 0 Å². The van der Waals surface area contributed by atoms with Crippen molar-refractivity contribution >= 4 is 5.91 Å². The average molecular weight is 325 g/mol. The summed E-state index contributed by atoms with van der Waals surface area (Å²) in [7, 11) is 1.71. The molecule has 5 nitrogen and oxygen atoms in total. The fraction of sp³-hybridized carbons (Fsp3) is 0.316. The standard InChI is InChI=1S/C19H19NO4/c1-22-19(9-14-4-2-3-5-15(14)10-19)11-20-18(21)13-6-7-16-17(8-13)24-12-23-16/h2-8H,9-12H2,1H3,(H,20,21). The molecule has 0 aromatic heterocycles. The van der Waals surface area contributed by atoms with Crippen molar-refractivity contribution in [3.05, 3.63) is 59.2 Å². The van der Waals surface area contributed by atoms with E-state index in [1.807, 2.05) is 12.1 Å². The number of methoxy groups -OCH3 is 1. The molecule has 124 valence electrons. The van der Waals surface area contributed by atoms with Crippen molar-refractivity contribution in [1.29, 1.82) is 0 Å². The topological polar surface area (TPSA) is 56.8 Å². The summed E-state index contributed by atoms with van der Waals surface area (Å²) < 4.78 is 16.4. The number of carbonyl (C=O) groups excluding carboxylic acids is 1. The summed E-state index contributed by atoms with van der Waals surface area (Å²) in [5, 5.41) is 3.00. The van der Waals surface area contributed by atoms with Crippen LogP contribution in [0, 0.1) is 0 Å². The number of hydrogen-bond acceptors (Lipinski definition) is 4. The van der Waals surface area contributed by atoms with E-state index < -0.39 is 0 Å². The molecule has 1 aliphatic heterocycles. The Morgan fingerprint density at radius 2 is 1.83 bits per heavy atom. The lowest BCUT2D eigenvalue weighted by Gasteiger charge is -2.27. The van der Waals surface area contributed by atoms with Gasteiger partial charge in [-0.05, 0) is 29.3 Å². The molecule has 2 aromatic rings. The van der Waals surface area contributed by atoms with Crippen LogP contribution in [0.4, 0.5) is 0 Å². The lowest BCUT2D eigenvalue weighted by atomic mass is 10.00. The third-order valence-corrected chi connectivity index (χ3v) is 4.78. The smallest absolute Gasteiger partial charge is 0.251 e. The van der Waals surface area contributed by atoms with Crippen molar-refractivity contribution in [1.82, 2.24) is 5.32 Å². The summed E-state index contributed by atoms with van der Waals surface area (Å²) in [5.41, 5.74) is 2.75. The van der Waals surface area contributed by atoms with Gasteiger partial charge >= 0.3 is 0 Å². The van der Waals surface area contributed by atoms with Gasteiger partial charge in [0.05, 0.1) is 5.60 Å². The molecule has 1 amide bonds. The van der Waals surface area contributed by atoms with E-state index in [2.05, 4.69) is 17.4 Å². The molecular formula is C19H19NO4. The Kier molecular flexibility index (Phi) is 3.65. The number of fused-ring (bicyclic) bond motifs is 2. The first kappa shape index (κ1) is 15.0. The molecule has 0 radical (unpaired) electrons. The van der Waals surface area contributed by atoms with Crippen molar-refractivity contribution < 1.29 is 19.0 Å². The maximum Gasteiger partial charge on any atom is 0.251 e. The van der Waals surface area contributed by atoms with E-state index in [0.717, 1.165) is 12.8 Å². The Hall–Kier alpha value is -2.53. The van der Waals surface area contributed by atoms with Gasteiger partial charge in [-0.1, -0.05) is 24.3 Å². The molecule has 2 aromatic carbocycles. The van der Waals surface area contributed by atoms with Crippen LogP contribution in [0.25, 0.3) is 0 Å². The highest BCUT2D eigenvalue weighted by atomic mass is 16.7. The second kappa shape index (κ2) is 5.83. The highest BCUT2D eigenvalue weighted by molar-refractivity contribution is 5.95. The highest BCUT2D eigenvalue weighted by Crippen LogP contribution is 2.33. The number of rotatable bonds is 4. The first-order valence-corrected chi connectivity index (χ1v) is 7.99. The van der Waals surface area contributed by atoms with E-state index in [1.54, 1.807) is 25.3 Å². The largest absolute Gasteiger partial charge is 0.454 e. The van der Waals surface area contributed by atoms with Gasteiger partial charge in [0, 0.05) is 32.1 Å². The second-order valence-electron chi connectivity index (χ2n) is 6.26. The molecule has 2 aliphatic rings. The van der Waals surface area contributed by atoms with Crippen LogP contribution < -0.4 is 14.8 Å². The quantitative estimate of drug-likeness (QED) is 0.937. The molecule has 24 heavy (non-hydrogen) atoms. The molecule has 0 fully saturated rings. The van der Waals surface area contributed by atoms with Gasteiger partial charge < -0.3 is 19.5 Å². The Morgan fingerprint density at radius 1 is 1.12 bits per heavy atom. The van der Waals surface area contributed by atoms with Gasteiger partial charge in [-0.15, -0.1) is 0 Å². The fourth-order valence-corrected chi connectivity index (χ4v) is 3.38. The van der Waals surface area contributed by atoms with Crippen LogP contribution in [0.5, 0.6) is 11.5 Å². The van der Waals surface area contributed by atoms with E-state index >= 15 is 0 Å². The molecule has 0 saturated heterocycles. The lowest BCUT2D eigenvalue weighted by Crippen LogP contribution is -2.45. The SMILES string of the molecule is COC1(CNC(=O)c2ccc3c(c2)OCO3)Cc2ccccc2C1. The molecule has 0 atom stereocenters. The van der Waals surface area contributed by atoms with E-state index in [9.17, 15) is 4.79 Å². The van der Waals surface area contributed by atoms with Crippen LogP contribution in [0.1, 0.15) is 21.5 Å². The summed E-state index contributed by atoms with van der Waals surface area (Å²) in [5.74, 6) is 1.14. The van der Waals surface area contributed by atoms with Crippen molar-refractivity contribution in [2.45, 2.75) is 18.4 Å². The fourth-order valence-electron chi connectivity index (χ4n) is 3.38. The first-order valence-electron chi connectivity index (χ1n) is 7.99. The minimum Gasteiger partial charge on any atom is -0.454 e. The van der Waals surface area contributed by atoms with E-state index in [0.29, 0.717) is 23.6 Å². The van der Waals surface area contributed by atoms with Crippen LogP contribution in [-0.4, -0.2) is 32.0 Å². The third kappa shape index (κ3) is 2.61. The Labute approximate surface area is 140 Å². The monoisotopic (exact) mass is 325 g/mol. The molecule has 1 N–H and O–H groups in total. The number of hydrogen-bond donors (Lipinski definition) is 1. The minimum absolute atomic E-state index is 0.138. The maximum atomic E-state index is 12.5. The van der Waals surface area contributed by atoms with Gasteiger partial charge in [-0.25, -0.2) is 0 Å². The molecule has 0 bridgehead atoms. The van der Waals surface area contributed by atoms with E-state index in [4.69, 9.17) is 14.2 Å². The molecular weight excluding hydrogens is 306 g/mol. The Balaban J connectivity index is 1.45. The van der Waals surface area contributed by atoms with Gasteiger partial charge in [0.2, 0.25) is 6.79 Å². The number of benzene rings is 2. The molecule has 0 spiro atoms. The highest BCUT2D eigenvalue weighted by Gasteiger charge is 2.37. The van der Waals surface area contributed by atoms with Crippen molar-refractivity contribution in [2.24, 2.45) is 0 Å². The summed E-state index contributed by atoms with van der Waals surface area (Å²) in [6.45, 7) is 0.664. The van der Waals surface area contributed by atoms with Crippen molar-refractivity contribution in [3.8, 4) is 11.5 Å². The first-order chi connectivity index (χ1) is 11.7. The Morgan fingerprint density at radius 3 is 2.54 bits per heavy atom. The molecule has 1 aliphatic carbocycles. The summed E-state index contributed by atoms with van der Waals surface area (Å²) in [6, 6.07) is 13.5. The van der Waals surface area contributed by atoms with Crippen molar-refractivity contribution in [3.63, 3.8) is 0 Å². The van der Waals surface area contributed by atoms with Crippen LogP contribution in [0.15, 0.2) is 42.5 Å². The second-order valence-corrected chi connectivity index (χ2v) is 6.26. The molecule has 5 heteroatoms. The lowest BCUT2D eigenvalue weighted by molar-refractivity contribution is 0.000176. The van der Waals surface area contributed by atoms with Gasteiger partial charge in [-0.3, -0.25) is 4.79 Å². The van der Waals surface area contributed by atoms with Crippen LogP contribution in [0.2, 0.25) is 0 Å². The predicted molar refractivity (Wildman–Crippen MR) is 88.5 cm³/mol. The summed E-state index contributed by atoms with van der Waals surface area (Å²) >= 11 is 0. The van der Waals surface area contributed by atoms with Crippen LogP contribution in [0.3, 0.4) is 0 Å². The summed E-state index contributed by atoms with van der Waals surface area (Å²) in [6.07, 6.45) is 1.61. The third-order valence-electron chi connectivity index (χ3n) is 4.78. The van der Waals surface area contributed by atoms with Gasteiger partial charge in [-0.2, -0.15) is 0 Å². The van der Waals surface area contributed by atoms with Crippen LogP contribution in [-0.2, 0) is 17.6 Å². The predicted octanol–water partition coefficient (Wildman–Crippen LogP) is 2.33. The van der Waals surface area contributed by atoms with Crippen molar-refractivity contribution in [2.75, 3.05) is 20.4 Å². The van der Waals surface area contributed by atoms with Crippen LogP contribution >= 0.6 is 0 Å². The molecule has 1 heterocycles. The zero-order valence-corrected chi connectivity index (χ0v) is 13.5.